The van der Waals surface area contributed by atoms with Crippen molar-refractivity contribution in [2.45, 2.75) is 25.8 Å². The molecule has 0 bridgehead atoms. The van der Waals surface area contributed by atoms with E-state index >= 15 is 0 Å². The Morgan fingerprint density at radius 1 is 1.12 bits per heavy atom. The Bertz CT molecular complexity index is 775. The standard InChI is InChI=1S/C19H19FN2O2/c1-13-7-2-5-10-16(13)21-18(23)17-11-6-12-22(17)19(24)14-8-3-4-9-15(14)20/h2-5,7-10,17H,6,11-12H2,1H3,(H,21,23)/t17-/m0/s1. The van der Waals surface area contributed by atoms with Crippen LogP contribution in [0, 0.1) is 12.7 Å². The third kappa shape index (κ3) is 3.15. The molecule has 1 atom stereocenters. The second-order valence-electron chi connectivity index (χ2n) is 5.94. The van der Waals surface area contributed by atoms with E-state index in [1.807, 2.05) is 31.2 Å². The minimum absolute atomic E-state index is 0.00749. The van der Waals surface area contributed by atoms with Gasteiger partial charge in [-0.05, 0) is 43.5 Å². The van der Waals surface area contributed by atoms with Crippen LogP contribution in [0.3, 0.4) is 0 Å². The Kier molecular flexibility index (Phi) is 4.60. The molecule has 2 aromatic carbocycles. The number of halogens is 1. The van der Waals surface area contributed by atoms with Crippen molar-refractivity contribution in [3.63, 3.8) is 0 Å². The highest BCUT2D eigenvalue weighted by atomic mass is 19.1. The van der Waals surface area contributed by atoms with Gasteiger partial charge >= 0.3 is 0 Å². The summed E-state index contributed by atoms with van der Waals surface area (Å²) >= 11 is 0. The zero-order valence-electron chi connectivity index (χ0n) is 13.5. The van der Waals surface area contributed by atoms with Crippen LogP contribution in [0.2, 0.25) is 0 Å². The van der Waals surface area contributed by atoms with Gasteiger partial charge in [0.25, 0.3) is 5.91 Å². The lowest BCUT2D eigenvalue weighted by Crippen LogP contribution is -2.43. The molecular weight excluding hydrogens is 307 g/mol. The van der Waals surface area contributed by atoms with Gasteiger partial charge < -0.3 is 10.2 Å². The lowest BCUT2D eigenvalue weighted by atomic mass is 10.1. The fourth-order valence-electron chi connectivity index (χ4n) is 3.00. The van der Waals surface area contributed by atoms with E-state index in [4.69, 9.17) is 0 Å². The Labute approximate surface area is 140 Å². The van der Waals surface area contributed by atoms with Crippen molar-refractivity contribution < 1.29 is 14.0 Å². The van der Waals surface area contributed by atoms with Crippen LogP contribution < -0.4 is 5.32 Å². The van der Waals surface area contributed by atoms with E-state index in [-0.39, 0.29) is 11.5 Å². The number of anilines is 1. The normalized spacial score (nSPS) is 16.9. The second-order valence-corrected chi connectivity index (χ2v) is 5.94. The lowest BCUT2D eigenvalue weighted by Gasteiger charge is -2.24. The minimum atomic E-state index is -0.572. The summed E-state index contributed by atoms with van der Waals surface area (Å²) in [4.78, 5) is 26.7. The first kappa shape index (κ1) is 16.2. The molecule has 1 N–H and O–H groups in total. The number of nitrogens with zero attached hydrogens (tertiary/aromatic N) is 1. The summed E-state index contributed by atoms with van der Waals surface area (Å²) in [7, 11) is 0. The van der Waals surface area contributed by atoms with E-state index in [0.717, 1.165) is 17.7 Å². The van der Waals surface area contributed by atoms with Crippen LogP contribution in [0.4, 0.5) is 10.1 Å². The average molecular weight is 326 g/mol. The summed E-state index contributed by atoms with van der Waals surface area (Å²) in [5, 5.41) is 2.88. The van der Waals surface area contributed by atoms with E-state index in [9.17, 15) is 14.0 Å². The highest BCUT2D eigenvalue weighted by molar-refractivity contribution is 6.01. The molecule has 1 heterocycles. The SMILES string of the molecule is Cc1ccccc1NC(=O)[C@@H]1CCCN1C(=O)c1ccccc1F. The van der Waals surface area contributed by atoms with E-state index in [1.165, 1.54) is 17.0 Å². The molecule has 2 aromatic rings. The quantitative estimate of drug-likeness (QED) is 0.940. The minimum Gasteiger partial charge on any atom is -0.327 e. The predicted octanol–water partition coefficient (Wildman–Crippen LogP) is 3.38. The molecule has 4 nitrogen and oxygen atoms in total. The summed E-state index contributed by atoms with van der Waals surface area (Å²) in [6.45, 7) is 2.37. The maximum absolute atomic E-state index is 13.9. The van der Waals surface area contributed by atoms with Crippen molar-refractivity contribution in [2.24, 2.45) is 0 Å². The fraction of sp³-hybridized carbons (Fsp3) is 0.263. The fourth-order valence-corrected chi connectivity index (χ4v) is 3.00. The molecule has 1 saturated heterocycles. The third-order valence-electron chi connectivity index (χ3n) is 4.32. The number of hydrogen-bond donors (Lipinski definition) is 1. The zero-order valence-corrected chi connectivity index (χ0v) is 13.5. The van der Waals surface area contributed by atoms with Crippen LogP contribution >= 0.6 is 0 Å². The molecular formula is C19H19FN2O2. The molecule has 24 heavy (non-hydrogen) atoms. The van der Waals surface area contributed by atoms with E-state index in [0.29, 0.717) is 13.0 Å². The first-order valence-electron chi connectivity index (χ1n) is 8.00. The smallest absolute Gasteiger partial charge is 0.257 e. The second kappa shape index (κ2) is 6.83. The number of rotatable bonds is 3. The number of aryl methyl sites for hydroxylation is 1. The first-order chi connectivity index (χ1) is 11.6. The molecule has 3 rings (SSSR count). The molecule has 0 unspecified atom stereocenters. The van der Waals surface area contributed by atoms with Gasteiger partial charge in [0, 0.05) is 12.2 Å². The number of nitrogens with one attached hydrogen (secondary N) is 1. The van der Waals surface area contributed by atoms with Gasteiger partial charge in [-0.2, -0.15) is 0 Å². The van der Waals surface area contributed by atoms with Gasteiger partial charge in [-0.25, -0.2) is 4.39 Å². The van der Waals surface area contributed by atoms with Crippen LogP contribution in [0.15, 0.2) is 48.5 Å². The average Bonchev–Trinajstić information content (AvgIpc) is 3.06. The van der Waals surface area contributed by atoms with Crippen molar-refractivity contribution >= 4 is 17.5 Å². The van der Waals surface area contributed by atoms with Crippen LogP contribution in [-0.4, -0.2) is 29.3 Å². The molecule has 1 fully saturated rings. The number of benzene rings is 2. The van der Waals surface area contributed by atoms with Gasteiger partial charge in [0.15, 0.2) is 0 Å². The molecule has 0 spiro atoms. The maximum Gasteiger partial charge on any atom is 0.257 e. The number of para-hydroxylation sites is 1. The first-order valence-corrected chi connectivity index (χ1v) is 8.00. The number of amides is 2. The topological polar surface area (TPSA) is 49.4 Å². The van der Waals surface area contributed by atoms with Gasteiger partial charge in [0.2, 0.25) is 5.91 Å². The third-order valence-corrected chi connectivity index (χ3v) is 4.32. The Balaban J connectivity index is 1.78. The molecule has 0 saturated carbocycles. The predicted molar refractivity (Wildman–Crippen MR) is 90.3 cm³/mol. The number of hydrogen-bond acceptors (Lipinski definition) is 2. The molecule has 1 aliphatic rings. The summed E-state index contributed by atoms with van der Waals surface area (Å²) < 4.78 is 13.9. The highest BCUT2D eigenvalue weighted by Crippen LogP contribution is 2.23. The zero-order chi connectivity index (χ0) is 17.1. The van der Waals surface area contributed by atoms with Crippen LogP contribution in [0.25, 0.3) is 0 Å². The molecule has 5 heteroatoms. The highest BCUT2D eigenvalue weighted by Gasteiger charge is 2.35. The largest absolute Gasteiger partial charge is 0.327 e. The summed E-state index contributed by atoms with van der Waals surface area (Å²) in [6.07, 6.45) is 1.31. The van der Waals surface area contributed by atoms with Crippen molar-refractivity contribution in [2.75, 3.05) is 11.9 Å². The van der Waals surface area contributed by atoms with E-state index < -0.39 is 17.8 Å². The lowest BCUT2D eigenvalue weighted by molar-refractivity contribution is -0.119. The molecule has 0 aromatic heterocycles. The number of carbonyl (C=O) groups excluding carboxylic acids is 2. The number of likely N-dealkylation sites (tertiary alicyclic amines) is 1. The molecule has 1 aliphatic heterocycles. The van der Waals surface area contributed by atoms with Gasteiger partial charge in [0.1, 0.15) is 11.9 Å². The van der Waals surface area contributed by atoms with Crippen LogP contribution in [0.1, 0.15) is 28.8 Å². The van der Waals surface area contributed by atoms with Gasteiger partial charge in [0.05, 0.1) is 5.56 Å². The van der Waals surface area contributed by atoms with Crippen LogP contribution in [-0.2, 0) is 4.79 Å². The van der Waals surface area contributed by atoms with Gasteiger partial charge in [-0.3, -0.25) is 9.59 Å². The molecule has 0 radical (unpaired) electrons. The van der Waals surface area contributed by atoms with Crippen molar-refractivity contribution in [1.82, 2.24) is 4.90 Å². The van der Waals surface area contributed by atoms with Crippen molar-refractivity contribution in [3.05, 3.63) is 65.5 Å². The van der Waals surface area contributed by atoms with Gasteiger partial charge in [-0.15, -0.1) is 0 Å². The molecule has 0 aliphatic carbocycles. The summed E-state index contributed by atoms with van der Waals surface area (Å²) in [5.74, 6) is -1.23. The summed E-state index contributed by atoms with van der Waals surface area (Å²) in [5.41, 5.74) is 1.69. The van der Waals surface area contributed by atoms with E-state index in [2.05, 4.69) is 5.32 Å². The Hall–Kier alpha value is -2.69. The monoisotopic (exact) mass is 326 g/mol. The van der Waals surface area contributed by atoms with Gasteiger partial charge in [-0.1, -0.05) is 30.3 Å². The van der Waals surface area contributed by atoms with Crippen LogP contribution in [0.5, 0.6) is 0 Å². The van der Waals surface area contributed by atoms with Crippen molar-refractivity contribution in [3.8, 4) is 0 Å². The van der Waals surface area contributed by atoms with E-state index in [1.54, 1.807) is 12.1 Å². The molecule has 124 valence electrons. The molecule has 2 amide bonds. The number of carbonyl (C=O) groups is 2. The maximum atomic E-state index is 13.9. The Morgan fingerprint density at radius 2 is 1.83 bits per heavy atom. The van der Waals surface area contributed by atoms with Crippen molar-refractivity contribution in [1.29, 1.82) is 0 Å². The Morgan fingerprint density at radius 3 is 2.58 bits per heavy atom. The summed E-state index contributed by atoms with van der Waals surface area (Å²) in [6, 6.07) is 12.8.